The Morgan fingerprint density at radius 3 is 2.73 bits per heavy atom. The first kappa shape index (κ1) is 10.8. The lowest BCUT2D eigenvalue weighted by Gasteiger charge is -2.27. The number of ether oxygens (including phenoxy) is 1. The summed E-state index contributed by atoms with van der Waals surface area (Å²) in [4.78, 5) is 0. The van der Waals surface area contributed by atoms with Crippen LogP contribution in [0.2, 0.25) is 0 Å². The molecule has 0 saturated heterocycles. The summed E-state index contributed by atoms with van der Waals surface area (Å²) in [5.74, 6) is 0.340. The van der Waals surface area contributed by atoms with E-state index in [1.165, 1.54) is 0 Å². The van der Waals surface area contributed by atoms with Crippen LogP contribution in [0.5, 0.6) is 5.75 Å². The number of aryl methyl sites for hydroxylation is 1. The van der Waals surface area contributed by atoms with Gasteiger partial charge in [-0.2, -0.15) is 13.2 Å². The molecule has 0 fully saturated rings. The predicted octanol–water partition coefficient (Wildman–Crippen LogP) is 3.71. The molecule has 2 rings (SSSR count). The van der Waals surface area contributed by atoms with E-state index in [-0.39, 0.29) is 6.42 Å². The molecular formula is C10H8BrF3O. The summed E-state index contributed by atoms with van der Waals surface area (Å²) in [5.41, 5.74) is 0.824. The van der Waals surface area contributed by atoms with Crippen LogP contribution in [0.15, 0.2) is 22.7 Å². The van der Waals surface area contributed by atoms with Crippen molar-refractivity contribution < 1.29 is 17.9 Å². The van der Waals surface area contributed by atoms with Crippen LogP contribution in [0.1, 0.15) is 12.0 Å². The summed E-state index contributed by atoms with van der Waals surface area (Å²) in [6.45, 7) is 0. The fourth-order valence-electron chi connectivity index (χ4n) is 1.59. The molecule has 1 aromatic rings. The third-order valence-corrected chi connectivity index (χ3v) is 2.83. The first-order valence-electron chi connectivity index (χ1n) is 4.48. The third-order valence-electron chi connectivity index (χ3n) is 2.33. The van der Waals surface area contributed by atoms with Crippen LogP contribution in [0.4, 0.5) is 13.2 Å². The van der Waals surface area contributed by atoms with Crippen LogP contribution in [0.25, 0.3) is 0 Å². The van der Waals surface area contributed by atoms with Crippen molar-refractivity contribution in [3.8, 4) is 5.75 Å². The minimum absolute atomic E-state index is 0.00699. The van der Waals surface area contributed by atoms with E-state index in [2.05, 4.69) is 15.9 Å². The van der Waals surface area contributed by atoms with E-state index in [9.17, 15) is 13.2 Å². The lowest BCUT2D eigenvalue weighted by atomic mass is 10.0. The molecule has 82 valence electrons. The molecule has 1 unspecified atom stereocenters. The summed E-state index contributed by atoms with van der Waals surface area (Å²) in [5, 5.41) is 0. The van der Waals surface area contributed by atoms with Gasteiger partial charge in [-0.15, -0.1) is 0 Å². The molecule has 0 amide bonds. The number of benzene rings is 1. The van der Waals surface area contributed by atoms with Gasteiger partial charge >= 0.3 is 6.18 Å². The molecule has 1 aliphatic rings. The normalized spacial score (nSPS) is 20.7. The van der Waals surface area contributed by atoms with E-state index in [4.69, 9.17) is 4.74 Å². The van der Waals surface area contributed by atoms with Crippen molar-refractivity contribution in [3.63, 3.8) is 0 Å². The Bertz CT molecular complexity index is 375. The van der Waals surface area contributed by atoms with Gasteiger partial charge in [0.25, 0.3) is 0 Å². The highest BCUT2D eigenvalue weighted by atomic mass is 79.9. The molecule has 0 aliphatic carbocycles. The fraction of sp³-hybridized carbons (Fsp3) is 0.400. The van der Waals surface area contributed by atoms with E-state index >= 15 is 0 Å². The average Bonchev–Trinajstić information content (AvgIpc) is 2.15. The largest absolute Gasteiger partial charge is 0.481 e. The van der Waals surface area contributed by atoms with Crippen molar-refractivity contribution in [1.82, 2.24) is 0 Å². The second-order valence-electron chi connectivity index (χ2n) is 3.44. The highest BCUT2D eigenvalue weighted by Gasteiger charge is 2.43. The Kier molecular flexibility index (Phi) is 2.66. The number of hydrogen-bond donors (Lipinski definition) is 0. The zero-order valence-corrected chi connectivity index (χ0v) is 9.23. The van der Waals surface area contributed by atoms with Crippen molar-refractivity contribution >= 4 is 15.9 Å². The Labute approximate surface area is 93.4 Å². The smallest absolute Gasteiger partial charge is 0.425 e. The van der Waals surface area contributed by atoms with Crippen molar-refractivity contribution in [3.05, 3.63) is 28.2 Å². The first-order chi connectivity index (χ1) is 6.97. The molecule has 1 heterocycles. The van der Waals surface area contributed by atoms with Gasteiger partial charge in [0.1, 0.15) is 5.75 Å². The SMILES string of the molecule is FC(F)(F)C1CCc2cc(Br)ccc2O1. The molecule has 0 aromatic heterocycles. The minimum Gasteiger partial charge on any atom is -0.481 e. The van der Waals surface area contributed by atoms with Crippen molar-refractivity contribution in [2.24, 2.45) is 0 Å². The molecule has 5 heteroatoms. The van der Waals surface area contributed by atoms with E-state index in [0.717, 1.165) is 10.0 Å². The minimum atomic E-state index is -4.27. The maximum absolute atomic E-state index is 12.4. The molecule has 1 nitrogen and oxygen atoms in total. The van der Waals surface area contributed by atoms with Crippen molar-refractivity contribution in [2.75, 3.05) is 0 Å². The molecule has 0 radical (unpaired) electrons. The van der Waals surface area contributed by atoms with Crippen molar-refractivity contribution in [2.45, 2.75) is 25.1 Å². The van der Waals surface area contributed by atoms with Gasteiger partial charge in [0.15, 0.2) is 6.10 Å². The lowest BCUT2D eigenvalue weighted by molar-refractivity contribution is -0.199. The van der Waals surface area contributed by atoms with Crippen molar-refractivity contribution in [1.29, 1.82) is 0 Å². The standard InChI is InChI=1S/C10H8BrF3O/c11-7-2-3-8-6(5-7)1-4-9(15-8)10(12,13)14/h2-3,5,9H,1,4H2. The molecule has 15 heavy (non-hydrogen) atoms. The number of hydrogen-bond acceptors (Lipinski definition) is 1. The summed E-state index contributed by atoms with van der Waals surface area (Å²) < 4.78 is 42.9. The van der Waals surface area contributed by atoms with Crippen LogP contribution >= 0.6 is 15.9 Å². The Morgan fingerprint density at radius 1 is 1.33 bits per heavy atom. The van der Waals surface area contributed by atoms with Gasteiger partial charge in [-0.3, -0.25) is 0 Å². The summed E-state index contributed by atoms with van der Waals surface area (Å²) in [6, 6.07) is 5.04. The average molecular weight is 281 g/mol. The molecule has 1 atom stereocenters. The van der Waals surface area contributed by atoms with Gasteiger partial charge in [0.05, 0.1) is 0 Å². The molecule has 0 saturated carbocycles. The summed E-state index contributed by atoms with van der Waals surface area (Å²) in [6.07, 6.45) is -5.54. The van der Waals surface area contributed by atoms with Gasteiger partial charge in [-0.05, 0) is 36.6 Å². The topological polar surface area (TPSA) is 9.23 Å². The number of alkyl halides is 3. The van der Waals surface area contributed by atoms with Gasteiger partial charge in [-0.25, -0.2) is 0 Å². The number of rotatable bonds is 0. The zero-order chi connectivity index (χ0) is 11.1. The molecule has 0 spiro atoms. The number of halogens is 4. The van der Waals surface area contributed by atoms with E-state index < -0.39 is 12.3 Å². The molecule has 0 bridgehead atoms. The Balaban J connectivity index is 2.24. The highest BCUT2D eigenvalue weighted by molar-refractivity contribution is 9.10. The predicted molar refractivity (Wildman–Crippen MR) is 52.9 cm³/mol. The van der Waals surface area contributed by atoms with Gasteiger partial charge in [0, 0.05) is 4.47 Å². The maximum Gasteiger partial charge on any atom is 0.425 e. The monoisotopic (exact) mass is 280 g/mol. The van der Waals surface area contributed by atoms with E-state index in [1.54, 1.807) is 18.2 Å². The summed E-state index contributed by atoms with van der Waals surface area (Å²) in [7, 11) is 0. The third kappa shape index (κ3) is 2.27. The summed E-state index contributed by atoms with van der Waals surface area (Å²) >= 11 is 3.27. The van der Waals surface area contributed by atoms with E-state index in [0.29, 0.717) is 12.2 Å². The second-order valence-corrected chi connectivity index (χ2v) is 4.35. The van der Waals surface area contributed by atoms with Crippen LogP contribution in [0, 0.1) is 0 Å². The number of fused-ring (bicyclic) bond motifs is 1. The molecule has 1 aliphatic heterocycles. The van der Waals surface area contributed by atoms with Crippen LogP contribution in [0.3, 0.4) is 0 Å². The Hall–Kier alpha value is -0.710. The van der Waals surface area contributed by atoms with Crippen LogP contribution in [-0.2, 0) is 6.42 Å². The zero-order valence-electron chi connectivity index (χ0n) is 7.64. The lowest BCUT2D eigenvalue weighted by Crippen LogP contribution is -2.37. The van der Waals surface area contributed by atoms with Gasteiger partial charge in [-0.1, -0.05) is 15.9 Å². The molecular weight excluding hydrogens is 273 g/mol. The first-order valence-corrected chi connectivity index (χ1v) is 5.28. The highest BCUT2D eigenvalue weighted by Crippen LogP contribution is 2.35. The van der Waals surface area contributed by atoms with E-state index in [1.807, 2.05) is 0 Å². The quantitative estimate of drug-likeness (QED) is 0.704. The van der Waals surface area contributed by atoms with Gasteiger partial charge in [0.2, 0.25) is 0 Å². The fourth-order valence-corrected chi connectivity index (χ4v) is 2.00. The maximum atomic E-state index is 12.4. The molecule has 1 aromatic carbocycles. The van der Waals surface area contributed by atoms with Crippen LogP contribution < -0.4 is 4.74 Å². The van der Waals surface area contributed by atoms with Crippen LogP contribution in [-0.4, -0.2) is 12.3 Å². The second kappa shape index (κ2) is 3.70. The van der Waals surface area contributed by atoms with Gasteiger partial charge < -0.3 is 4.74 Å². The molecule has 0 N–H and O–H groups in total. The Morgan fingerprint density at radius 2 is 2.07 bits per heavy atom.